The molecule has 1 amide bonds. The van der Waals surface area contributed by atoms with E-state index in [1.807, 2.05) is 6.92 Å². The van der Waals surface area contributed by atoms with Crippen LogP contribution in [0.1, 0.15) is 49.4 Å². The van der Waals surface area contributed by atoms with Gasteiger partial charge in [-0.1, -0.05) is 25.8 Å². The summed E-state index contributed by atoms with van der Waals surface area (Å²) in [7, 11) is 0. The molecule has 1 fully saturated rings. The molecule has 4 nitrogen and oxygen atoms in total. The molecule has 0 aromatic heterocycles. The molecule has 6 heteroatoms. The fourth-order valence-electron chi connectivity index (χ4n) is 2.72. The second kappa shape index (κ2) is 8.04. The number of hydrogen-bond donors (Lipinski definition) is 0. The average Bonchev–Trinajstić information content (AvgIpc) is 3.00. The van der Waals surface area contributed by atoms with E-state index in [0.29, 0.717) is 26.0 Å². The average molecular weight is 325 g/mol. The number of amides is 1. The maximum atomic E-state index is 13.8. The number of hydrogen-bond acceptors (Lipinski definition) is 3. The minimum absolute atomic E-state index is 0.293. The first-order chi connectivity index (χ1) is 11.1. The summed E-state index contributed by atoms with van der Waals surface area (Å²) in [5, 5.41) is 0. The topological polar surface area (TPSA) is 46.6 Å². The van der Waals surface area contributed by atoms with Crippen LogP contribution in [-0.2, 0) is 9.53 Å². The monoisotopic (exact) mass is 325 g/mol. The highest BCUT2D eigenvalue weighted by molar-refractivity contribution is 5.97. The number of rotatable bonds is 6. The molecule has 0 bridgehead atoms. The molecule has 0 radical (unpaired) electrons. The van der Waals surface area contributed by atoms with Crippen LogP contribution in [0, 0.1) is 11.6 Å². The molecule has 1 saturated heterocycles. The van der Waals surface area contributed by atoms with Gasteiger partial charge in [0.15, 0.2) is 0 Å². The molecule has 0 aliphatic carbocycles. The lowest BCUT2D eigenvalue weighted by Crippen LogP contribution is -2.42. The molecule has 1 atom stereocenters. The molecule has 0 spiro atoms. The van der Waals surface area contributed by atoms with Gasteiger partial charge in [0.25, 0.3) is 5.91 Å². The quantitative estimate of drug-likeness (QED) is 0.595. The fraction of sp³-hybridized carbons (Fsp3) is 0.529. The summed E-state index contributed by atoms with van der Waals surface area (Å²) in [6.45, 7) is 2.64. The van der Waals surface area contributed by atoms with Crippen LogP contribution in [0.5, 0.6) is 0 Å². The van der Waals surface area contributed by atoms with E-state index in [-0.39, 0.29) is 0 Å². The van der Waals surface area contributed by atoms with E-state index in [1.54, 1.807) is 0 Å². The van der Waals surface area contributed by atoms with Crippen molar-refractivity contribution in [3.63, 3.8) is 0 Å². The lowest BCUT2D eigenvalue weighted by atomic mass is 10.1. The van der Waals surface area contributed by atoms with Crippen LogP contribution in [-0.4, -0.2) is 36.0 Å². The minimum atomic E-state index is -0.919. The van der Waals surface area contributed by atoms with E-state index in [0.717, 1.165) is 31.4 Å². The first kappa shape index (κ1) is 17.4. The van der Waals surface area contributed by atoms with E-state index in [9.17, 15) is 18.4 Å². The molecule has 1 aliphatic heterocycles. The SMILES string of the molecule is CCCCCOC(=O)C1CCCN1C(=O)c1c(F)cccc1F. The van der Waals surface area contributed by atoms with Crippen molar-refractivity contribution in [2.24, 2.45) is 0 Å². The third kappa shape index (κ3) is 4.06. The Balaban J connectivity index is 2.06. The second-order valence-corrected chi connectivity index (χ2v) is 5.63. The summed E-state index contributed by atoms with van der Waals surface area (Å²) >= 11 is 0. The molecule has 1 aromatic carbocycles. The molecule has 126 valence electrons. The summed E-state index contributed by atoms with van der Waals surface area (Å²) in [6, 6.07) is 2.50. The molecule has 1 unspecified atom stereocenters. The lowest BCUT2D eigenvalue weighted by molar-refractivity contribution is -0.148. The number of unbranched alkanes of at least 4 members (excludes halogenated alkanes) is 2. The summed E-state index contributed by atoms with van der Waals surface area (Å²) in [6.07, 6.45) is 3.80. The third-order valence-corrected chi connectivity index (χ3v) is 3.95. The summed E-state index contributed by atoms with van der Waals surface area (Å²) in [5.41, 5.74) is -0.613. The number of esters is 1. The smallest absolute Gasteiger partial charge is 0.328 e. The van der Waals surface area contributed by atoms with E-state index in [4.69, 9.17) is 4.74 Å². The molecule has 1 aromatic rings. The number of carbonyl (C=O) groups is 2. The number of likely N-dealkylation sites (tertiary alicyclic amines) is 1. The van der Waals surface area contributed by atoms with Gasteiger partial charge in [0.05, 0.1) is 6.61 Å². The Morgan fingerprint density at radius 3 is 2.61 bits per heavy atom. The van der Waals surface area contributed by atoms with Gasteiger partial charge in [-0.25, -0.2) is 13.6 Å². The number of benzene rings is 1. The molecule has 1 heterocycles. The van der Waals surface area contributed by atoms with Crippen molar-refractivity contribution in [3.05, 3.63) is 35.4 Å². The standard InChI is InChI=1S/C17H21F2NO3/c1-2-3-4-11-23-17(22)14-9-6-10-20(14)16(21)15-12(18)7-5-8-13(15)19/h5,7-8,14H,2-4,6,9-11H2,1H3. The molecular formula is C17H21F2NO3. The molecule has 0 N–H and O–H groups in total. The zero-order valence-electron chi connectivity index (χ0n) is 13.2. The van der Waals surface area contributed by atoms with Crippen molar-refractivity contribution in [3.8, 4) is 0 Å². The second-order valence-electron chi connectivity index (χ2n) is 5.63. The Hall–Kier alpha value is -1.98. The highest BCUT2D eigenvalue weighted by Gasteiger charge is 2.37. The number of halogens is 2. The Morgan fingerprint density at radius 1 is 1.26 bits per heavy atom. The molecule has 1 aliphatic rings. The predicted octanol–water partition coefficient (Wildman–Crippen LogP) is 3.30. The summed E-state index contributed by atoms with van der Waals surface area (Å²) < 4.78 is 32.7. The summed E-state index contributed by atoms with van der Waals surface area (Å²) in [4.78, 5) is 25.8. The van der Waals surface area contributed by atoms with Crippen LogP contribution in [0.15, 0.2) is 18.2 Å². The van der Waals surface area contributed by atoms with Gasteiger partial charge in [-0.15, -0.1) is 0 Å². The van der Waals surface area contributed by atoms with Crippen LogP contribution in [0.4, 0.5) is 8.78 Å². The number of nitrogens with zero attached hydrogens (tertiary/aromatic N) is 1. The third-order valence-electron chi connectivity index (χ3n) is 3.95. The maximum absolute atomic E-state index is 13.8. The number of carbonyl (C=O) groups excluding carboxylic acids is 2. The van der Waals surface area contributed by atoms with E-state index >= 15 is 0 Å². The van der Waals surface area contributed by atoms with E-state index in [1.165, 1.54) is 11.0 Å². The van der Waals surface area contributed by atoms with Crippen LogP contribution in [0.3, 0.4) is 0 Å². The van der Waals surface area contributed by atoms with Crippen molar-refractivity contribution < 1.29 is 23.1 Å². The van der Waals surface area contributed by atoms with Crippen LogP contribution >= 0.6 is 0 Å². The Kier molecular flexibility index (Phi) is 6.07. The molecular weight excluding hydrogens is 304 g/mol. The summed E-state index contributed by atoms with van der Waals surface area (Å²) in [5.74, 6) is -3.13. The lowest BCUT2D eigenvalue weighted by Gasteiger charge is -2.23. The zero-order valence-corrected chi connectivity index (χ0v) is 13.2. The van der Waals surface area contributed by atoms with Gasteiger partial charge >= 0.3 is 5.97 Å². The van der Waals surface area contributed by atoms with Gasteiger partial charge in [0, 0.05) is 6.54 Å². The first-order valence-electron chi connectivity index (χ1n) is 7.98. The van der Waals surface area contributed by atoms with E-state index < -0.39 is 35.1 Å². The Bertz CT molecular complexity index is 557. The molecule has 0 saturated carbocycles. The van der Waals surface area contributed by atoms with Gasteiger partial charge < -0.3 is 9.64 Å². The minimum Gasteiger partial charge on any atom is -0.464 e. The Labute approximate surface area is 134 Å². The number of ether oxygens (including phenoxy) is 1. The fourth-order valence-corrected chi connectivity index (χ4v) is 2.72. The van der Waals surface area contributed by atoms with Crippen molar-refractivity contribution in [2.45, 2.75) is 45.1 Å². The van der Waals surface area contributed by atoms with Gasteiger partial charge in [0.2, 0.25) is 0 Å². The maximum Gasteiger partial charge on any atom is 0.328 e. The largest absolute Gasteiger partial charge is 0.464 e. The molecule has 2 rings (SSSR count). The van der Waals surface area contributed by atoms with Crippen LogP contribution < -0.4 is 0 Å². The van der Waals surface area contributed by atoms with Crippen molar-refractivity contribution in [1.82, 2.24) is 4.90 Å². The highest BCUT2D eigenvalue weighted by atomic mass is 19.1. The molecule has 23 heavy (non-hydrogen) atoms. The van der Waals surface area contributed by atoms with Gasteiger partial charge in [0.1, 0.15) is 23.2 Å². The van der Waals surface area contributed by atoms with Crippen molar-refractivity contribution in [1.29, 1.82) is 0 Å². The normalized spacial score (nSPS) is 17.3. The highest BCUT2D eigenvalue weighted by Crippen LogP contribution is 2.23. The predicted molar refractivity (Wildman–Crippen MR) is 80.9 cm³/mol. The van der Waals surface area contributed by atoms with Crippen molar-refractivity contribution >= 4 is 11.9 Å². The van der Waals surface area contributed by atoms with Gasteiger partial charge in [-0.3, -0.25) is 4.79 Å². The zero-order chi connectivity index (χ0) is 16.8. The van der Waals surface area contributed by atoms with Crippen molar-refractivity contribution in [2.75, 3.05) is 13.2 Å². The van der Waals surface area contributed by atoms with Gasteiger partial charge in [-0.05, 0) is 31.4 Å². The van der Waals surface area contributed by atoms with E-state index in [2.05, 4.69) is 0 Å². The van der Waals surface area contributed by atoms with Gasteiger partial charge in [-0.2, -0.15) is 0 Å². The van der Waals surface area contributed by atoms with Crippen LogP contribution in [0.2, 0.25) is 0 Å². The Morgan fingerprint density at radius 2 is 1.96 bits per heavy atom. The van der Waals surface area contributed by atoms with Crippen LogP contribution in [0.25, 0.3) is 0 Å². The first-order valence-corrected chi connectivity index (χ1v) is 7.98.